The van der Waals surface area contributed by atoms with E-state index in [1.165, 1.54) is 55.2 Å². The molecule has 1 aliphatic rings. The van der Waals surface area contributed by atoms with Gasteiger partial charge in [-0.05, 0) is 42.1 Å². The number of rotatable bonds is 5. The molecule has 4 nitrogen and oxygen atoms in total. The van der Waals surface area contributed by atoms with Gasteiger partial charge in [0.2, 0.25) is 0 Å². The van der Waals surface area contributed by atoms with Crippen LogP contribution in [0.25, 0.3) is 10.8 Å². The van der Waals surface area contributed by atoms with E-state index >= 15 is 0 Å². The number of benzene rings is 2. The third-order valence-electron chi connectivity index (χ3n) is 5.02. The van der Waals surface area contributed by atoms with Gasteiger partial charge in [-0.25, -0.2) is 0 Å². The summed E-state index contributed by atoms with van der Waals surface area (Å²) in [6, 6.07) is 15.5. The number of fused-ring (bicyclic) bond motifs is 1. The number of aliphatic imine (C=N–C) groups is 1. The highest BCUT2D eigenvalue weighted by molar-refractivity contribution is 5.86. The van der Waals surface area contributed by atoms with Gasteiger partial charge >= 0.3 is 0 Å². The Kier molecular flexibility index (Phi) is 6.29. The van der Waals surface area contributed by atoms with Gasteiger partial charge in [0.25, 0.3) is 0 Å². The summed E-state index contributed by atoms with van der Waals surface area (Å²) < 4.78 is 0. The van der Waals surface area contributed by atoms with Crippen LogP contribution in [0.1, 0.15) is 31.7 Å². The van der Waals surface area contributed by atoms with Crippen molar-refractivity contribution in [2.24, 2.45) is 4.99 Å². The van der Waals surface area contributed by atoms with Crippen molar-refractivity contribution < 1.29 is 0 Å². The van der Waals surface area contributed by atoms with E-state index in [0.717, 1.165) is 12.5 Å². The van der Waals surface area contributed by atoms with Gasteiger partial charge in [-0.1, -0.05) is 49.4 Å². The molecule has 25 heavy (non-hydrogen) atoms. The zero-order chi connectivity index (χ0) is 17.5. The SMILES string of the molecule is CCCN1CCC(NC(=NC)NCc2cccc3ccccc23)CC1. The Hall–Kier alpha value is -2.07. The minimum atomic E-state index is 0.520. The molecule has 2 aromatic rings. The van der Waals surface area contributed by atoms with E-state index < -0.39 is 0 Å². The van der Waals surface area contributed by atoms with Gasteiger partial charge < -0.3 is 15.5 Å². The molecule has 1 heterocycles. The number of hydrogen-bond donors (Lipinski definition) is 2. The summed E-state index contributed by atoms with van der Waals surface area (Å²) >= 11 is 0. The summed E-state index contributed by atoms with van der Waals surface area (Å²) in [5, 5.41) is 9.68. The molecule has 0 atom stereocenters. The van der Waals surface area contributed by atoms with Gasteiger partial charge in [0.05, 0.1) is 0 Å². The van der Waals surface area contributed by atoms with E-state index in [2.05, 4.69) is 69.9 Å². The van der Waals surface area contributed by atoms with Crippen molar-refractivity contribution >= 4 is 16.7 Å². The maximum atomic E-state index is 4.41. The van der Waals surface area contributed by atoms with Crippen LogP contribution in [0.2, 0.25) is 0 Å². The summed E-state index contributed by atoms with van der Waals surface area (Å²) in [7, 11) is 1.85. The van der Waals surface area contributed by atoms with Crippen molar-refractivity contribution in [3.05, 3.63) is 48.0 Å². The first-order valence-electron chi connectivity index (χ1n) is 9.46. The van der Waals surface area contributed by atoms with Gasteiger partial charge in [-0.2, -0.15) is 0 Å². The van der Waals surface area contributed by atoms with Crippen LogP contribution in [0.3, 0.4) is 0 Å². The summed E-state index contributed by atoms with van der Waals surface area (Å²) in [4.78, 5) is 6.97. The molecule has 1 aliphatic heterocycles. The Balaban J connectivity index is 1.55. The lowest BCUT2D eigenvalue weighted by atomic mass is 10.0. The second kappa shape index (κ2) is 8.86. The predicted molar refractivity (Wildman–Crippen MR) is 107 cm³/mol. The molecule has 0 bridgehead atoms. The molecule has 1 saturated heterocycles. The Bertz CT molecular complexity index is 697. The fourth-order valence-electron chi connectivity index (χ4n) is 3.63. The zero-order valence-corrected chi connectivity index (χ0v) is 15.5. The van der Waals surface area contributed by atoms with E-state index in [4.69, 9.17) is 0 Å². The molecule has 0 saturated carbocycles. The third kappa shape index (κ3) is 4.73. The first kappa shape index (κ1) is 17.7. The average molecular weight is 338 g/mol. The van der Waals surface area contributed by atoms with Crippen molar-refractivity contribution in [1.29, 1.82) is 0 Å². The minimum absolute atomic E-state index is 0.520. The molecule has 0 unspecified atom stereocenters. The monoisotopic (exact) mass is 338 g/mol. The molecular formula is C21H30N4. The van der Waals surface area contributed by atoms with Gasteiger partial charge in [-0.3, -0.25) is 4.99 Å². The minimum Gasteiger partial charge on any atom is -0.354 e. The lowest BCUT2D eigenvalue weighted by molar-refractivity contribution is 0.206. The fourth-order valence-corrected chi connectivity index (χ4v) is 3.63. The van der Waals surface area contributed by atoms with Crippen LogP contribution >= 0.6 is 0 Å². The summed E-state index contributed by atoms with van der Waals surface area (Å²) in [6.45, 7) is 6.64. The van der Waals surface area contributed by atoms with Crippen LogP contribution in [-0.2, 0) is 6.54 Å². The predicted octanol–water partition coefficient (Wildman–Crippen LogP) is 3.38. The Morgan fingerprint density at radius 1 is 1.12 bits per heavy atom. The number of nitrogens with one attached hydrogen (secondary N) is 2. The van der Waals surface area contributed by atoms with E-state index in [1.54, 1.807) is 0 Å². The highest BCUT2D eigenvalue weighted by Gasteiger charge is 2.19. The Morgan fingerprint density at radius 2 is 1.88 bits per heavy atom. The van der Waals surface area contributed by atoms with Gasteiger partial charge in [0, 0.05) is 32.7 Å². The molecule has 0 aromatic heterocycles. The average Bonchev–Trinajstić information content (AvgIpc) is 2.66. The molecule has 0 amide bonds. The van der Waals surface area contributed by atoms with Crippen molar-refractivity contribution in [2.75, 3.05) is 26.7 Å². The van der Waals surface area contributed by atoms with Crippen LogP contribution < -0.4 is 10.6 Å². The first-order valence-corrected chi connectivity index (χ1v) is 9.46. The molecule has 0 radical (unpaired) electrons. The molecule has 4 heteroatoms. The van der Waals surface area contributed by atoms with Crippen LogP contribution in [0, 0.1) is 0 Å². The van der Waals surface area contributed by atoms with E-state index in [9.17, 15) is 0 Å². The maximum Gasteiger partial charge on any atom is 0.191 e. The second-order valence-corrected chi connectivity index (χ2v) is 6.82. The van der Waals surface area contributed by atoms with Crippen molar-refractivity contribution in [1.82, 2.24) is 15.5 Å². The van der Waals surface area contributed by atoms with E-state index in [1.807, 2.05) is 7.05 Å². The molecule has 2 aromatic carbocycles. The lowest BCUT2D eigenvalue weighted by Gasteiger charge is -2.32. The quantitative estimate of drug-likeness (QED) is 0.648. The number of guanidine groups is 1. The summed E-state index contributed by atoms with van der Waals surface area (Å²) in [5.41, 5.74) is 1.30. The standard InChI is InChI=1S/C21H30N4/c1-3-13-25-14-11-19(12-15-25)24-21(22-2)23-16-18-9-6-8-17-7-4-5-10-20(17)18/h4-10,19H,3,11-16H2,1-2H3,(H2,22,23,24). The normalized spacial score (nSPS) is 17.0. The molecule has 0 spiro atoms. The molecule has 1 fully saturated rings. The van der Waals surface area contributed by atoms with Crippen LogP contribution in [-0.4, -0.2) is 43.6 Å². The molecule has 2 N–H and O–H groups in total. The maximum absolute atomic E-state index is 4.41. The summed E-state index contributed by atoms with van der Waals surface area (Å²) in [5.74, 6) is 0.905. The van der Waals surface area contributed by atoms with Gasteiger partial charge in [0.1, 0.15) is 0 Å². The molecular weight excluding hydrogens is 308 g/mol. The van der Waals surface area contributed by atoms with Crippen LogP contribution in [0.15, 0.2) is 47.5 Å². The number of piperidine rings is 1. The number of hydrogen-bond acceptors (Lipinski definition) is 2. The Labute approximate surface area is 151 Å². The number of nitrogens with zero attached hydrogens (tertiary/aromatic N) is 2. The first-order chi connectivity index (χ1) is 12.3. The van der Waals surface area contributed by atoms with E-state index in [0.29, 0.717) is 6.04 Å². The highest BCUT2D eigenvalue weighted by Crippen LogP contribution is 2.18. The van der Waals surface area contributed by atoms with Crippen LogP contribution in [0.4, 0.5) is 0 Å². The largest absolute Gasteiger partial charge is 0.354 e. The molecule has 134 valence electrons. The van der Waals surface area contributed by atoms with Gasteiger partial charge in [-0.15, -0.1) is 0 Å². The molecule has 3 rings (SSSR count). The fraction of sp³-hybridized carbons (Fsp3) is 0.476. The lowest BCUT2D eigenvalue weighted by Crippen LogP contribution is -2.48. The number of likely N-dealkylation sites (tertiary alicyclic amines) is 1. The topological polar surface area (TPSA) is 39.7 Å². The van der Waals surface area contributed by atoms with E-state index in [-0.39, 0.29) is 0 Å². The molecule has 0 aliphatic carbocycles. The smallest absolute Gasteiger partial charge is 0.191 e. The van der Waals surface area contributed by atoms with Crippen molar-refractivity contribution in [3.8, 4) is 0 Å². The van der Waals surface area contributed by atoms with Crippen LogP contribution in [0.5, 0.6) is 0 Å². The van der Waals surface area contributed by atoms with Gasteiger partial charge in [0.15, 0.2) is 5.96 Å². The third-order valence-corrected chi connectivity index (χ3v) is 5.02. The second-order valence-electron chi connectivity index (χ2n) is 6.82. The Morgan fingerprint density at radius 3 is 2.64 bits per heavy atom. The highest BCUT2D eigenvalue weighted by atomic mass is 15.2. The zero-order valence-electron chi connectivity index (χ0n) is 15.5. The summed E-state index contributed by atoms with van der Waals surface area (Å²) in [6.07, 6.45) is 3.62. The van der Waals surface area contributed by atoms with Crippen molar-refractivity contribution in [2.45, 2.75) is 38.8 Å². The van der Waals surface area contributed by atoms with Crippen molar-refractivity contribution in [3.63, 3.8) is 0 Å².